The van der Waals surface area contributed by atoms with Crippen LogP contribution < -0.4 is 19.3 Å². The molecule has 148 valence electrons. The summed E-state index contributed by atoms with van der Waals surface area (Å²) in [4.78, 5) is 26.5. The standard InChI is InChI=1S/C19H21N3O5S/c1-13(22(28(3,25)26)14-8-10-15(27-2)11-9-14)19(24)21-12-18(23)20-16-6-4-5-7-17(16)21/h4-11,13H,12H2,1-3H3,(H,20,23)/t13-/m1/s1. The molecule has 2 aromatic carbocycles. The van der Waals surface area contributed by atoms with Crippen LogP contribution in [0.25, 0.3) is 0 Å². The second-order valence-corrected chi connectivity index (χ2v) is 8.28. The van der Waals surface area contributed by atoms with Crippen LogP contribution in [0.3, 0.4) is 0 Å². The number of carbonyl (C=O) groups is 2. The van der Waals surface area contributed by atoms with Crippen molar-refractivity contribution in [1.29, 1.82) is 0 Å². The third kappa shape index (κ3) is 3.79. The molecule has 1 aliphatic rings. The number of hydrogen-bond acceptors (Lipinski definition) is 5. The van der Waals surface area contributed by atoms with Crippen LogP contribution in [0.2, 0.25) is 0 Å². The summed E-state index contributed by atoms with van der Waals surface area (Å²) in [5.41, 5.74) is 1.37. The SMILES string of the molecule is COc1ccc(N([C@H](C)C(=O)N2CC(=O)Nc3ccccc32)S(C)(=O)=O)cc1. The molecule has 1 heterocycles. The van der Waals surface area contributed by atoms with Gasteiger partial charge >= 0.3 is 0 Å². The summed E-state index contributed by atoms with van der Waals surface area (Å²) in [5, 5.41) is 2.71. The van der Waals surface area contributed by atoms with Crippen molar-refractivity contribution in [3.63, 3.8) is 0 Å². The van der Waals surface area contributed by atoms with Gasteiger partial charge in [-0.25, -0.2) is 8.42 Å². The highest BCUT2D eigenvalue weighted by atomic mass is 32.2. The molecule has 2 amide bonds. The fraction of sp³-hybridized carbons (Fsp3) is 0.263. The smallest absolute Gasteiger partial charge is 0.251 e. The van der Waals surface area contributed by atoms with Gasteiger partial charge in [-0.1, -0.05) is 12.1 Å². The monoisotopic (exact) mass is 403 g/mol. The lowest BCUT2D eigenvalue weighted by Gasteiger charge is -2.35. The third-order valence-corrected chi connectivity index (χ3v) is 5.67. The Morgan fingerprint density at radius 3 is 2.43 bits per heavy atom. The zero-order valence-corrected chi connectivity index (χ0v) is 16.6. The lowest BCUT2D eigenvalue weighted by molar-refractivity contribution is -0.122. The molecule has 2 aromatic rings. The molecular weight excluding hydrogens is 382 g/mol. The van der Waals surface area contributed by atoms with E-state index in [0.29, 0.717) is 22.8 Å². The first-order valence-electron chi connectivity index (χ1n) is 8.56. The molecule has 0 saturated heterocycles. The maximum Gasteiger partial charge on any atom is 0.251 e. The average molecular weight is 403 g/mol. The fourth-order valence-corrected chi connectivity index (χ4v) is 4.36. The van der Waals surface area contributed by atoms with Crippen molar-refractivity contribution < 1.29 is 22.7 Å². The van der Waals surface area contributed by atoms with Crippen molar-refractivity contribution in [3.05, 3.63) is 48.5 Å². The van der Waals surface area contributed by atoms with Crippen LogP contribution in [0.1, 0.15) is 6.92 Å². The summed E-state index contributed by atoms with van der Waals surface area (Å²) in [7, 11) is -2.26. The summed E-state index contributed by atoms with van der Waals surface area (Å²) in [6.45, 7) is 1.32. The number of methoxy groups -OCH3 is 1. The minimum Gasteiger partial charge on any atom is -0.497 e. The predicted octanol–water partition coefficient (Wildman–Crippen LogP) is 1.83. The maximum atomic E-state index is 13.2. The van der Waals surface area contributed by atoms with Gasteiger partial charge in [-0.05, 0) is 43.3 Å². The van der Waals surface area contributed by atoms with E-state index in [1.165, 1.54) is 18.9 Å². The van der Waals surface area contributed by atoms with Gasteiger partial charge < -0.3 is 10.1 Å². The quantitative estimate of drug-likeness (QED) is 0.822. The molecule has 0 saturated carbocycles. The number of nitrogens with zero attached hydrogens (tertiary/aromatic N) is 2. The van der Waals surface area contributed by atoms with Crippen molar-refractivity contribution in [3.8, 4) is 5.75 Å². The van der Waals surface area contributed by atoms with E-state index >= 15 is 0 Å². The van der Waals surface area contributed by atoms with Crippen LogP contribution in [0, 0.1) is 0 Å². The summed E-state index contributed by atoms with van der Waals surface area (Å²) < 4.78 is 31.1. The molecule has 0 spiro atoms. The van der Waals surface area contributed by atoms with Crippen molar-refractivity contribution >= 4 is 38.9 Å². The summed E-state index contributed by atoms with van der Waals surface area (Å²) in [6, 6.07) is 12.2. The van der Waals surface area contributed by atoms with E-state index in [1.807, 2.05) is 0 Å². The predicted molar refractivity (Wildman–Crippen MR) is 107 cm³/mol. The van der Waals surface area contributed by atoms with E-state index in [1.54, 1.807) is 48.5 Å². The summed E-state index contributed by atoms with van der Waals surface area (Å²) in [5.74, 6) is -0.268. The molecule has 0 fully saturated rings. The Kier molecular flexibility index (Phi) is 5.28. The van der Waals surface area contributed by atoms with E-state index in [9.17, 15) is 18.0 Å². The summed E-state index contributed by atoms with van der Waals surface area (Å²) in [6.07, 6.45) is 1.04. The van der Waals surface area contributed by atoms with Crippen molar-refractivity contribution in [1.82, 2.24) is 0 Å². The van der Waals surface area contributed by atoms with E-state index in [0.717, 1.165) is 10.6 Å². The highest BCUT2D eigenvalue weighted by Crippen LogP contribution is 2.31. The number of amides is 2. The zero-order valence-electron chi connectivity index (χ0n) is 15.7. The number of nitrogens with one attached hydrogen (secondary N) is 1. The number of hydrogen-bond donors (Lipinski definition) is 1. The lowest BCUT2D eigenvalue weighted by Crippen LogP contribution is -2.52. The molecule has 28 heavy (non-hydrogen) atoms. The number of sulfonamides is 1. The Bertz CT molecular complexity index is 1000. The Morgan fingerprint density at radius 2 is 1.82 bits per heavy atom. The van der Waals surface area contributed by atoms with Gasteiger partial charge in [-0.2, -0.15) is 0 Å². The van der Waals surface area contributed by atoms with Crippen LogP contribution in [0.15, 0.2) is 48.5 Å². The van der Waals surface area contributed by atoms with Gasteiger partial charge in [0, 0.05) is 0 Å². The Morgan fingerprint density at radius 1 is 1.18 bits per heavy atom. The average Bonchev–Trinajstić information content (AvgIpc) is 2.66. The van der Waals surface area contributed by atoms with Crippen LogP contribution in [-0.4, -0.2) is 46.2 Å². The first-order valence-corrected chi connectivity index (χ1v) is 10.4. The number of para-hydroxylation sites is 2. The van der Waals surface area contributed by atoms with Crippen molar-refractivity contribution in [2.45, 2.75) is 13.0 Å². The largest absolute Gasteiger partial charge is 0.497 e. The number of rotatable bonds is 5. The van der Waals surface area contributed by atoms with Crippen LogP contribution >= 0.6 is 0 Å². The van der Waals surface area contributed by atoms with Gasteiger partial charge in [0.25, 0.3) is 5.91 Å². The molecule has 1 atom stereocenters. The Balaban J connectivity index is 1.98. The van der Waals surface area contributed by atoms with Gasteiger partial charge in [0.05, 0.1) is 30.4 Å². The maximum absolute atomic E-state index is 13.2. The highest BCUT2D eigenvalue weighted by Gasteiger charge is 2.35. The fourth-order valence-electron chi connectivity index (χ4n) is 3.19. The van der Waals surface area contributed by atoms with Crippen LogP contribution in [0.5, 0.6) is 5.75 Å². The minimum absolute atomic E-state index is 0.180. The summed E-state index contributed by atoms with van der Waals surface area (Å²) >= 11 is 0. The second kappa shape index (κ2) is 7.51. The van der Waals surface area contributed by atoms with Gasteiger partial charge in [0.1, 0.15) is 18.3 Å². The van der Waals surface area contributed by atoms with Gasteiger partial charge in [0.2, 0.25) is 15.9 Å². The second-order valence-electron chi connectivity index (χ2n) is 6.42. The molecule has 8 nitrogen and oxygen atoms in total. The van der Waals surface area contributed by atoms with Crippen molar-refractivity contribution in [2.75, 3.05) is 34.4 Å². The van der Waals surface area contributed by atoms with Gasteiger partial charge in [0.15, 0.2) is 0 Å². The molecule has 3 rings (SSSR count). The molecule has 9 heteroatoms. The topological polar surface area (TPSA) is 96.0 Å². The van der Waals surface area contributed by atoms with Crippen LogP contribution in [0.4, 0.5) is 17.1 Å². The molecular formula is C19H21N3O5S. The third-order valence-electron chi connectivity index (χ3n) is 4.43. The Hall–Kier alpha value is -3.07. The number of fused-ring (bicyclic) bond motifs is 1. The highest BCUT2D eigenvalue weighted by molar-refractivity contribution is 7.92. The van der Waals surface area contributed by atoms with Gasteiger partial charge in [-0.3, -0.25) is 18.8 Å². The number of benzene rings is 2. The molecule has 1 N–H and O–H groups in total. The van der Waals surface area contributed by atoms with E-state index < -0.39 is 22.0 Å². The zero-order chi connectivity index (χ0) is 20.5. The molecule has 0 aliphatic carbocycles. The molecule has 0 aromatic heterocycles. The number of carbonyl (C=O) groups excluding carboxylic acids is 2. The number of ether oxygens (including phenoxy) is 1. The first kappa shape index (κ1) is 19.7. The van der Waals surface area contributed by atoms with E-state index in [-0.39, 0.29) is 12.5 Å². The normalized spacial score (nSPS) is 14.7. The molecule has 1 aliphatic heterocycles. The van der Waals surface area contributed by atoms with Gasteiger partial charge in [-0.15, -0.1) is 0 Å². The van der Waals surface area contributed by atoms with E-state index in [4.69, 9.17) is 4.74 Å². The minimum atomic E-state index is -3.77. The lowest BCUT2D eigenvalue weighted by atomic mass is 10.1. The van der Waals surface area contributed by atoms with E-state index in [2.05, 4.69) is 5.32 Å². The Labute approximate surface area is 163 Å². The number of anilines is 3. The molecule has 0 unspecified atom stereocenters. The molecule has 0 bridgehead atoms. The van der Waals surface area contributed by atoms with Crippen LogP contribution in [-0.2, 0) is 19.6 Å². The first-order chi connectivity index (χ1) is 13.2. The molecule has 0 radical (unpaired) electrons. The van der Waals surface area contributed by atoms with Crippen molar-refractivity contribution in [2.24, 2.45) is 0 Å².